The largest absolute Gasteiger partial charge is 0.411 e. The Bertz CT molecular complexity index is 174. The third-order valence-electron chi connectivity index (χ3n) is 1.88. The zero-order chi connectivity index (χ0) is 9.68. The van der Waals surface area contributed by atoms with Gasteiger partial charge < -0.3 is 19.8 Å². The summed E-state index contributed by atoms with van der Waals surface area (Å²) in [5.41, 5.74) is 0. The normalized spacial score (nSPS) is 35.4. The van der Waals surface area contributed by atoms with Gasteiger partial charge in [0.2, 0.25) is 0 Å². The standard InChI is InChI=1S/C8H15NO4/c1-2-3-8-12-5-6(10)7(13-8)4-9-11/h4,6-8,10-11H,2-3,5H2,1H3/b9-4+. The molecule has 3 unspecified atom stereocenters. The van der Waals surface area contributed by atoms with E-state index in [1.54, 1.807) is 0 Å². The van der Waals surface area contributed by atoms with Crippen molar-refractivity contribution in [2.24, 2.45) is 5.16 Å². The van der Waals surface area contributed by atoms with E-state index >= 15 is 0 Å². The van der Waals surface area contributed by atoms with E-state index in [0.29, 0.717) is 0 Å². The molecule has 0 aromatic heterocycles. The number of nitrogens with zero attached hydrogens (tertiary/aromatic N) is 1. The van der Waals surface area contributed by atoms with E-state index in [1.165, 1.54) is 6.21 Å². The summed E-state index contributed by atoms with van der Waals surface area (Å²) in [7, 11) is 0. The van der Waals surface area contributed by atoms with Crippen molar-refractivity contribution in [3.8, 4) is 0 Å². The summed E-state index contributed by atoms with van der Waals surface area (Å²) in [4.78, 5) is 0. The van der Waals surface area contributed by atoms with Crippen LogP contribution in [-0.4, -0.2) is 41.6 Å². The Morgan fingerprint density at radius 1 is 1.62 bits per heavy atom. The van der Waals surface area contributed by atoms with Crippen molar-refractivity contribution in [2.45, 2.75) is 38.3 Å². The van der Waals surface area contributed by atoms with Gasteiger partial charge in [-0.25, -0.2) is 0 Å². The maximum Gasteiger partial charge on any atom is 0.158 e. The number of aliphatic hydroxyl groups excluding tert-OH is 1. The van der Waals surface area contributed by atoms with Crippen LogP contribution in [0.2, 0.25) is 0 Å². The molecular formula is C8H15NO4. The fourth-order valence-corrected chi connectivity index (χ4v) is 1.19. The minimum atomic E-state index is -0.746. The fraction of sp³-hybridized carbons (Fsp3) is 0.875. The molecule has 3 atom stereocenters. The van der Waals surface area contributed by atoms with Crippen LogP contribution in [0.5, 0.6) is 0 Å². The summed E-state index contributed by atoms with van der Waals surface area (Å²) in [6.45, 7) is 2.24. The summed E-state index contributed by atoms with van der Waals surface area (Å²) in [6, 6.07) is 0. The summed E-state index contributed by atoms with van der Waals surface area (Å²) in [6.07, 6.45) is 1.30. The second-order valence-electron chi connectivity index (χ2n) is 2.98. The second-order valence-corrected chi connectivity index (χ2v) is 2.98. The number of aliphatic hydroxyl groups is 1. The molecule has 13 heavy (non-hydrogen) atoms. The van der Waals surface area contributed by atoms with Crippen LogP contribution < -0.4 is 0 Å². The van der Waals surface area contributed by atoms with Gasteiger partial charge in [0.25, 0.3) is 0 Å². The average molecular weight is 189 g/mol. The van der Waals surface area contributed by atoms with Crippen LogP contribution in [-0.2, 0) is 9.47 Å². The van der Waals surface area contributed by atoms with Crippen molar-refractivity contribution in [1.29, 1.82) is 0 Å². The quantitative estimate of drug-likeness (QED) is 0.382. The Balaban J connectivity index is 2.42. The lowest BCUT2D eigenvalue weighted by Crippen LogP contribution is -2.44. The number of rotatable bonds is 3. The van der Waals surface area contributed by atoms with E-state index in [-0.39, 0.29) is 12.9 Å². The van der Waals surface area contributed by atoms with Crippen LogP contribution in [0, 0.1) is 0 Å². The van der Waals surface area contributed by atoms with E-state index in [9.17, 15) is 5.11 Å². The lowest BCUT2D eigenvalue weighted by atomic mass is 10.2. The Morgan fingerprint density at radius 2 is 2.38 bits per heavy atom. The predicted octanol–water partition coefficient (Wildman–Crippen LogP) is 0.349. The highest BCUT2D eigenvalue weighted by molar-refractivity contribution is 5.63. The molecule has 0 aromatic carbocycles. The van der Waals surface area contributed by atoms with Gasteiger partial charge in [-0.2, -0.15) is 0 Å². The lowest BCUT2D eigenvalue weighted by molar-refractivity contribution is -0.234. The van der Waals surface area contributed by atoms with Crippen molar-refractivity contribution >= 4 is 6.21 Å². The van der Waals surface area contributed by atoms with Crippen molar-refractivity contribution in [2.75, 3.05) is 6.61 Å². The fourth-order valence-electron chi connectivity index (χ4n) is 1.19. The maximum atomic E-state index is 9.33. The van der Waals surface area contributed by atoms with Gasteiger partial charge in [0, 0.05) is 0 Å². The van der Waals surface area contributed by atoms with Crippen molar-refractivity contribution in [3.63, 3.8) is 0 Å². The topological polar surface area (TPSA) is 71.3 Å². The third kappa shape index (κ3) is 2.95. The molecule has 5 heteroatoms. The van der Waals surface area contributed by atoms with Gasteiger partial charge in [-0.15, -0.1) is 0 Å². The molecule has 0 radical (unpaired) electrons. The van der Waals surface area contributed by atoms with E-state index in [1.807, 2.05) is 6.92 Å². The second kappa shape index (κ2) is 5.16. The molecule has 1 heterocycles. The first kappa shape index (κ1) is 10.4. The van der Waals surface area contributed by atoms with Crippen LogP contribution in [0.15, 0.2) is 5.16 Å². The Labute approximate surface area is 77.0 Å². The lowest BCUT2D eigenvalue weighted by Gasteiger charge is -2.31. The van der Waals surface area contributed by atoms with Gasteiger partial charge in [-0.1, -0.05) is 18.5 Å². The van der Waals surface area contributed by atoms with Gasteiger partial charge in [0.05, 0.1) is 12.8 Å². The van der Waals surface area contributed by atoms with E-state index < -0.39 is 12.2 Å². The SMILES string of the molecule is CCCC1OCC(O)C(/C=N/O)O1. The molecule has 0 aliphatic carbocycles. The van der Waals surface area contributed by atoms with Crippen LogP contribution in [0.1, 0.15) is 19.8 Å². The first-order valence-corrected chi connectivity index (χ1v) is 4.40. The number of ether oxygens (including phenoxy) is 2. The molecule has 0 aromatic rings. The van der Waals surface area contributed by atoms with Crippen LogP contribution in [0.25, 0.3) is 0 Å². The molecule has 1 aliphatic heterocycles. The minimum Gasteiger partial charge on any atom is -0.411 e. The molecular weight excluding hydrogens is 174 g/mol. The Morgan fingerprint density at radius 3 is 3.00 bits per heavy atom. The zero-order valence-electron chi connectivity index (χ0n) is 7.59. The molecule has 0 spiro atoms. The molecule has 5 nitrogen and oxygen atoms in total. The van der Waals surface area contributed by atoms with Crippen LogP contribution in [0.3, 0.4) is 0 Å². The molecule has 1 saturated heterocycles. The highest BCUT2D eigenvalue weighted by Gasteiger charge is 2.28. The Kier molecular flexibility index (Phi) is 4.14. The highest BCUT2D eigenvalue weighted by Crippen LogP contribution is 2.15. The molecule has 0 amide bonds. The first-order valence-electron chi connectivity index (χ1n) is 4.40. The monoisotopic (exact) mass is 189 g/mol. The maximum absolute atomic E-state index is 9.33. The van der Waals surface area contributed by atoms with Gasteiger partial charge in [0.15, 0.2) is 6.29 Å². The number of hydrogen-bond donors (Lipinski definition) is 2. The summed E-state index contributed by atoms with van der Waals surface area (Å²) in [5.74, 6) is 0. The van der Waals surface area contributed by atoms with Gasteiger partial charge in [0.1, 0.15) is 12.2 Å². The van der Waals surface area contributed by atoms with Crippen LogP contribution in [0.4, 0.5) is 0 Å². The zero-order valence-corrected chi connectivity index (χ0v) is 7.59. The van der Waals surface area contributed by atoms with E-state index in [0.717, 1.165) is 12.8 Å². The first-order chi connectivity index (χ1) is 6.27. The molecule has 76 valence electrons. The summed E-state index contributed by atoms with van der Waals surface area (Å²) >= 11 is 0. The minimum absolute atomic E-state index is 0.224. The summed E-state index contributed by atoms with van der Waals surface area (Å²) < 4.78 is 10.5. The van der Waals surface area contributed by atoms with E-state index in [2.05, 4.69) is 5.16 Å². The highest BCUT2D eigenvalue weighted by atomic mass is 16.7. The van der Waals surface area contributed by atoms with Gasteiger partial charge in [-0.05, 0) is 6.42 Å². The van der Waals surface area contributed by atoms with E-state index in [4.69, 9.17) is 14.7 Å². The molecule has 1 fully saturated rings. The molecule has 1 aliphatic rings. The Hall–Kier alpha value is -0.650. The van der Waals surface area contributed by atoms with Crippen molar-refractivity contribution in [3.05, 3.63) is 0 Å². The average Bonchev–Trinajstić information content (AvgIpc) is 2.12. The summed E-state index contributed by atoms with van der Waals surface area (Å²) in [5, 5.41) is 20.5. The predicted molar refractivity (Wildman–Crippen MR) is 45.8 cm³/mol. The van der Waals surface area contributed by atoms with Gasteiger partial charge >= 0.3 is 0 Å². The van der Waals surface area contributed by atoms with Crippen molar-refractivity contribution < 1.29 is 19.8 Å². The number of oxime groups is 1. The molecule has 0 bridgehead atoms. The molecule has 1 rings (SSSR count). The van der Waals surface area contributed by atoms with Crippen molar-refractivity contribution in [1.82, 2.24) is 0 Å². The molecule has 0 saturated carbocycles. The van der Waals surface area contributed by atoms with Crippen LogP contribution >= 0.6 is 0 Å². The third-order valence-corrected chi connectivity index (χ3v) is 1.88. The van der Waals surface area contributed by atoms with Gasteiger partial charge in [-0.3, -0.25) is 0 Å². The smallest absolute Gasteiger partial charge is 0.158 e. The number of hydrogen-bond acceptors (Lipinski definition) is 5. The molecule has 2 N–H and O–H groups in total.